The van der Waals surface area contributed by atoms with Gasteiger partial charge in [-0.2, -0.15) is 0 Å². The van der Waals surface area contributed by atoms with Crippen LogP contribution in [0.5, 0.6) is 11.5 Å². The summed E-state index contributed by atoms with van der Waals surface area (Å²) >= 11 is 0. The topological polar surface area (TPSA) is 84.6 Å². The molecule has 0 bridgehead atoms. The molecule has 88 valence electrons. The summed E-state index contributed by atoms with van der Waals surface area (Å²) < 4.78 is 4.88. The molecule has 1 rings (SSSR count). The van der Waals surface area contributed by atoms with Gasteiger partial charge in [-0.1, -0.05) is 0 Å². The Balaban J connectivity index is 2.84. The first-order chi connectivity index (χ1) is 7.34. The predicted molar refractivity (Wildman–Crippen MR) is 61.6 cm³/mol. The second-order valence-electron chi connectivity index (χ2n) is 4.06. The fraction of sp³-hybridized carbons (Fsp3) is 0.364. The predicted octanol–water partition coefficient (Wildman–Crippen LogP) is 1.08. The number of nitrogens with one attached hydrogen (secondary N) is 1. The number of ether oxygens (including phenoxy) is 1. The minimum absolute atomic E-state index is 0.0323. The third kappa shape index (κ3) is 2.87. The van der Waals surface area contributed by atoms with Gasteiger partial charge in [0.25, 0.3) is 0 Å². The maximum absolute atomic E-state index is 11.6. The van der Waals surface area contributed by atoms with Crippen molar-refractivity contribution < 1.29 is 14.6 Å². The first kappa shape index (κ1) is 12.3. The maximum Gasteiger partial charge on any atom is 0.243 e. The number of hydrogen-bond acceptors (Lipinski definition) is 4. The molecule has 0 spiro atoms. The number of carbonyl (C=O) groups excluding carboxylic acids is 1. The van der Waals surface area contributed by atoms with E-state index in [2.05, 4.69) is 5.32 Å². The van der Waals surface area contributed by atoms with Crippen molar-refractivity contribution in [2.24, 2.45) is 5.73 Å². The summed E-state index contributed by atoms with van der Waals surface area (Å²) in [6, 6.07) is 4.60. The normalized spacial score (nSPS) is 11.0. The van der Waals surface area contributed by atoms with Crippen LogP contribution in [0, 0.1) is 0 Å². The van der Waals surface area contributed by atoms with E-state index >= 15 is 0 Å². The largest absolute Gasteiger partial charge is 0.504 e. The van der Waals surface area contributed by atoms with Gasteiger partial charge in [-0.15, -0.1) is 0 Å². The molecule has 1 amide bonds. The van der Waals surface area contributed by atoms with E-state index in [0.717, 1.165) is 0 Å². The Bertz CT molecular complexity index is 397. The Morgan fingerprint density at radius 2 is 2.12 bits per heavy atom. The van der Waals surface area contributed by atoms with Crippen LogP contribution in [-0.2, 0) is 4.79 Å². The van der Waals surface area contributed by atoms with Gasteiger partial charge in [0.15, 0.2) is 11.5 Å². The molecule has 0 aliphatic heterocycles. The number of hydrogen-bond donors (Lipinski definition) is 3. The Hall–Kier alpha value is -1.75. The number of carbonyl (C=O) groups is 1. The molecule has 0 radical (unpaired) electrons. The minimum atomic E-state index is -0.963. The number of amides is 1. The summed E-state index contributed by atoms with van der Waals surface area (Å²) in [4.78, 5) is 11.6. The molecular formula is C11H16N2O3. The van der Waals surface area contributed by atoms with E-state index in [-0.39, 0.29) is 11.7 Å². The molecule has 1 aromatic rings. The second kappa shape index (κ2) is 4.40. The molecule has 5 heteroatoms. The van der Waals surface area contributed by atoms with Crippen LogP contribution in [0.4, 0.5) is 5.69 Å². The van der Waals surface area contributed by atoms with E-state index in [0.29, 0.717) is 11.4 Å². The molecule has 1 aromatic carbocycles. The Labute approximate surface area is 94.2 Å². The van der Waals surface area contributed by atoms with Gasteiger partial charge in [-0.25, -0.2) is 0 Å². The fourth-order valence-corrected chi connectivity index (χ4v) is 1.06. The molecule has 0 aromatic heterocycles. The zero-order valence-electron chi connectivity index (χ0n) is 9.57. The van der Waals surface area contributed by atoms with Crippen LogP contribution in [0.3, 0.4) is 0 Å². The van der Waals surface area contributed by atoms with Gasteiger partial charge in [-0.3, -0.25) is 4.79 Å². The van der Waals surface area contributed by atoms with Crippen LogP contribution < -0.4 is 15.8 Å². The van der Waals surface area contributed by atoms with Crippen molar-refractivity contribution in [3.8, 4) is 11.5 Å². The number of anilines is 1. The monoisotopic (exact) mass is 224 g/mol. The summed E-state index contributed by atoms with van der Waals surface area (Å²) in [5.41, 5.74) is 5.13. The maximum atomic E-state index is 11.6. The quantitative estimate of drug-likeness (QED) is 0.717. The zero-order valence-corrected chi connectivity index (χ0v) is 9.57. The molecule has 16 heavy (non-hydrogen) atoms. The van der Waals surface area contributed by atoms with Gasteiger partial charge in [0, 0.05) is 11.8 Å². The first-order valence-corrected chi connectivity index (χ1v) is 4.82. The highest BCUT2D eigenvalue weighted by Gasteiger charge is 2.21. The lowest BCUT2D eigenvalue weighted by Gasteiger charge is -2.18. The summed E-state index contributed by atoms with van der Waals surface area (Å²) in [5, 5.41) is 12.1. The van der Waals surface area contributed by atoms with Crippen LogP contribution in [0.1, 0.15) is 13.8 Å². The van der Waals surface area contributed by atoms with E-state index in [1.54, 1.807) is 26.0 Å². The molecule has 0 aliphatic carbocycles. The lowest BCUT2D eigenvalue weighted by atomic mass is 10.1. The van der Waals surface area contributed by atoms with E-state index < -0.39 is 5.54 Å². The highest BCUT2D eigenvalue weighted by atomic mass is 16.5. The van der Waals surface area contributed by atoms with Gasteiger partial charge in [0.1, 0.15) is 0 Å². The summed E-state index contributed by atoms with van der Waals surface area (Å²) in [6.07, 6.45) is 0. The van der Waals surface area contributed by atoms with E-state index in [1.165, 1.54) is 13.2 Å². The van der Waals surface area contributed by atoms with Crippen molar-refractivity contribution in [1.29, 1.82) is 0 Å². The Morgan fingerprint density at radius 3 is 2.56 bits per heavy atom. The molecule has 5 nitrogen and oxygen atoms in total. The lowest BCUT2D eigenvalue weighted by Crippen LogP contribution is -2.45. The summed E-state index contributed by atoms with van der Waals surface area (Å²) in [6.45, 7) is 3.21. The summed E-state index contributed by atoms with van der Waals surface area (Å²) in [7, 11) is 1.45. The highest BCUT2D eigenvalue weighted by molar-refractivity contribution is 5.97. The molecule has 0 saturated carbocycles. The SMILES string of the molecule is COc1ccc(NC(=O)C(C)(C)N)cc1O. The number of aromatic hydroxyl groups is 1. The molecular weight excluding hydrogens is 208 g/mol. The van der Waals surface area contributed by atoms with Gasteiger partial charge in [-0.05, 0) is 26.0 Å². The lowest BCUT2D eigenvalue weighted by molar-refractivity contribution is -0.120. The highest BCUT2D eigenvalue weighted by Crippen LogP contribution is 2.28. The Morgan fingerprint density at radius 1 is 1.50 bits per heavy atom. The molecule has 0 atom stereocenters. The van der Waals surface area contributed by atoms with Crippen LogP contribution in [0.15, 0.2) is 18.2 Å². The third-order valence-electron chi connectivity index (χ3n) is 2.02. The van der Waals surface area contributed by atoms with Crippen LogP contribution in [0.25, 0.3) is 0 Å². The number of methoxy groups -OCH3 is 1. The van der Waals surface area contributed by atoms with Crippen molar-refractivity contribution in [2.75, 3.05) is 12.4 Å². The second-order valence-corrected chi connectivity index (χ2v) is 4.06. The van der Waals surface area contributed by atoms with Crippen molar-refractivity contribution in [3.63, 3.8) is 0 Å². The molecule has 0 fully saturated rings. The molecule has 0 aliphatic rings. The van der Waals surface area contributed by atoms with Crippen molar-refractivity contribution in [3.05, 3.63) is 18.2 Å². The van der Waals surface area contributed by atoms with Gasteiger partial charge >= 0.3 is 0 Å². The molecule has 0 heterocycles. The van der Waals surface area contributed by atoms with Gasteiger partial charge in [0.05, 0.1) is 12.6 Å². The average Bonchev–Trinajstić information content (AvgIpc) is 2.16. The number of nitrogens with two attached hydrogens (primary N) is 1. The van der Waals surface area contributed by atoms with E-state index in [1.807, 2.05) is 0 Å². The van der Waals surface area contributed by atoms with Crippen LogP contribution in [-0.4, -0.2) is 23.7 Å². The van der Waals surface area contributed by atoms with Crippen LogP contribution >= 0.6 is 0 Å². The summed E-state index contributed by atoms with van der Waals surface area (Å²) in [5.74, 6) is -0.00259. The molecule has 4 N–H and O–H groups in total. The number of phenolic OH excluding ortho intramolecular Hbond substituents is 1. The smallest absolute Gasteiger partial charge is 0.243 e. The standard InChI is InChI=1S/C11H16N2O3/c1-11(2,12)10(15)13-7-4-5-9(16-3)8(14)6-7/h4-6,14H,12H2,1-3H3,(H,13,15). The van der Waals surface area contributed by atoms with Crippen molar-refractivity contribution in [1.82, 2.24) is 0 Å². The average molecular weight is 224 g/mol. The Kier molecular flexibility index (Phi) is 3.39. The first-order valence-electron chi connectivity index (χ1n) is 4.82. The van der Waals surface area contributed by atoms with Crippen molar-refractivity contribution in [2.45, 2.75) is 19.4 Å². The number of rotatable bonds is 3. The molecule has 0 saturated heterocycles. The fourth-order valence-electron chi connectivity index (χ4n) is 1.06. The van der Waals surface area contributed by atoms with E-state index in [4.69, 9.17) is 10.5 Å². The molecule has 0 unspecified atom stereocenters. The van der Waals surface area contributed by atoms with Crippen molar-refractivity contribution >= 4 is 11.6 Å². The van der Waals surface area contributed by atoms with E-state index in [9.17, 15) is 9.90 Å². The minimum Gasteiger partial charge on any atom is -0.504 e. The number of phenols is 1. The van der Waals surface area contributed by atoms with Crippen LogP contribution in [0.2, 0.25) is 0 Å². The van der Waals surface area contributed by atoms with Gasteiger partial charge in [0.2, 0.25) is 5.91 Å². The third-order valence-corrected chi connectivity index (χ3v) is 2.02. The van der Waals surface area contributed by atoms with Gasteiger partial charge < -0.3 is 20.9 Å². The number of benzene rings is 1. The zero-order chi connectivity index (χ0) is 12.3.